The lowest BCUT2D eigenvalue weighted by molar-refractivity contribution is 0.0520. The standard InChI is InChI=1S/C31H26Cl2N2O3S/c1-3-6-28-23(30(35-38-28)29-24(32)7-5-8-25(29)33)18-39-22-13-9-19(10-14-22)20-11-15-26-21(17-20)12-16-27(34-26)31(36)37-4-2/h5,7-17H,3-4,6,18H2,1-2H3. The van der Waals surface area contributed by atoms with Crippen LogP contribution in [0.4, 0.5) is 0 Å². The molecule has 0 aliphatic carbocycles. The van der Waals surface area contributed by atoms with Crippen molar-refractivity contribution in [1.29, 1.82) is 0 Å². The van der Waals surface area contributed by atoms with Gasteiger partial charge in [0, 0.05) is 33.6 Å². The molecule has 0 N–H and O–H groups in total. The van der Waals surface area contributed by atoms with Crippen LogP contribution < -0.4 is 0 Å². The third kappa shape index (κ3) is 5.98. The van der Waals surface area contributed by atoms with E-state index in [1.54, 1.807) is 24.8 Å². The molecule has 0 aliphatic rings. The van der Waals surface area contributed by atoms with E-state index in [4.69, 9.17) is 32.5 Å². The van der Waals surface area contributed by atoms with Crippen LogP contribution in [0.2, 0.25) is 10.0 Å². The maximum Gasteiger partial charge on any atom is 0.356 e. The Kier molecular flexibility index (Phi) is 8.56. The lowest BCUT2D eigenvalue weighted by atomic mass is 10.0. The minimum Gasteiger partial charge on any atom is -0.461 e. The quantitative estimate of drug-likeness (QED) is 0.129. The average Bonchev–Trinajstić information content (AvgIpc) is 3.33. The number of nitrogens with zero attached hydrogens (tertiary/aromatic N) is 2. The van der Waals surface area contributed by atoms with E-state index in [9.17, 15) is 4.79 Å². The highest BCUT2D eigenvalue weighted by Crippen LogP contribution is 2.39. The van der Waals surface area contributed by atoms with Gasteiger partial charge in [0.1, 0.15) is 17.1 Å². The van der Waals surface area contributed by atoms with Crippen LogP contribution in [0.1, 0.15) is 42.1 Å². The number of pyridine rings is 1. The summed E-state index contributed by atoms with van der Waals surface area (Å²) in [6.07, 6.45) is 1.74. The number of rotatable bonds is 9. The van der Waals surface area contributed by atoms with Crippen molar-refractivity contribution in [2.24, 2.45) is 0 Å². The molecule has 2 aromatic heterocycles. The second-order valence-electron chi connectivity index (χ2n) is 8.92. The minimum absolute atomic E-state index is 0.313. The Bertz CT molecular complexity index is 1610. The summed E-state index contributed by atoms with van der Waals surface area (Å²) in [6.45, 7) is 4.21. The molecule has 0 saturated carbocycles. The summed E-state index contributed by atoms with van der Waals surface area (Å²) in [5.74, 6) is 1.13. The Morgan fingerprint density at radius 1 is 0.949 bits per heavy atom. The molecule has 0 bridgehead atoms. The molecule has 0 amide bonds. The number of halogens is 2. The highest BCUT2D eigenvalue weighted by molar-refractivity contribution is 7.98. The van der Waals surface area contributed by atoms with Gasteiger partial charge in [0.15, 0.2) is 0 Å². The first-order valence-corrected chi connectivity index (χ1v) is 14.5. The summed E-state index contributed by atoms with van der Waals surface area (Å²) in [5.41, 5.74) is 5.66. The number of hydrogen-bond acceptors (Lipinski definition) is 6. The fourth-order valence-corrected chi connectivity index (χ4v) is 5.87. The number of carbonyl (C=O) groups is 1. The molecular formula is C31H26Cl2N2O3S. The third-order valence-corrected chi connectivity index (χ3v) is 7.96. The second-order valence-corrected chi connectivity index (χ2v) is 10.8. The van der Waals surface area contributed by atoms with Gasteiger partial charge < -0.3 is 9.26 Å². The Labute approximate surface area is 241 Å². The Hall–Kier alpha value is -3.32. The molecular weight excluding hydrogens is 551 g/mol. The highest BCUT2D eigenvalue weighted by Gasteiger charge is 2.21. The van der Waals surface area contributed by atoms with E-state index in [2.05, 4.69) is 47.4 Å². The smallest absolute Gasteiger partial charge is 0.356 e. The summed E-state index contributed by atoms with van der Waals surface area (Å²) in [6, 6.07) is 23.5. The monoisotopic (exact) mass is 576 g/mol. The van der Waals surface area contributed by atoms with Crippen LogP contribution in [-0.4, -0.2) is 22.7 Å². The van der Waals surface area contributed by atoms with Crippen LogP contribution >= 0.6 is 35.0 Å². The third-order valence-electron chi connectivity index (χ3n) is 6.29. The Morgan fingerprint density at radius 3 is 2.41 bits per heavy atom. The number of hydrogen-bond donors (Lipinski definition) is 0. The summed E-state index contributed by atoms with van der Waals surface area (Å²) < 4.78 is 10.8. The van der Waals surface area contributed by atoms with Gasteiger partial charge in [0.25, 0.3) is 0 Å². The molecule has 0 unspecified atom stereocenters. The van der Waals surface area contributed by atoms with Gasteiger partial charge in [-0.2, -0.15) is 0 Å². The number of fused-ring (bicyclic) bond motifs is 1. The van der Waals surface area contributed by atoms with Crippen LogP contribution in [0.25, 0.3) is 33.3 Å². The predicted molar refractivity (Wildman–Crippen MR) is 159 cm³/mol. The van der Waals surface area contributed by atoms with E-state index in [-0.39, 0.29) is 0 Å². The van der Waals surface area contributed by atoms with Gasteiger partial charge in [-0.15, -0.1) is 11.8 Å². The van der Waals surface area contributed by atoms with Crippen molar-refractivity contribution in [2.75, 3.05) is 6.61 Å². The average molecular weight is 578 g/mol. The molecule has 0 spiro atoms. The lowest BCUT2D eigenvalue weighted by Crippen LogP contribution is -2.06. The van der Waals surface area contributed by atoms with Gasteiger partial charge in [-0.1, -0.05) is 65.6 Å². The number of esters is 1. The lowest BCUT2D eigenvalue weighted by Gasteiger charge is -2.09. The zero-order chi connectivity index (χ0) is 27.4. The molecule has 5 rings (SSSR count). The van der Waals surface area contributed by atoms with Crippen molar-refractivity contribution >= 4 is 51.8 Å². The van der Waals surface area contributed by atoms with Crippen LogP contribution in [0.3, 0.4) is 0 Å². The molecule has 0 fully saturated rings. The molecule has 3 aromatic carbocycles. The van der Waals surface area contributed by atoms with E-state index in [1.165, 1.54) is 0 Å². The minimum atomic E-state index is -0.410. The maximum atomic E-state index is 12.0. The van der Waals surface area contributed by atoms with Gasteiger partial charge in [0.2, 0.25) is 0 Å². The van der Waals surface area contributed by atoms with Crippen LogP contribution in [0.15, 0.2) is 82.2 Å². The number of benzene rings is 3. The molecule has 8 heteroatoms. The molecule has 0 saturated heterocycles. The summed E-state index contributed by atoms with van der Waals surface area (Å²) in [4.78, 5) is 17.6. The van der Waals surface area contributed by atoms with Gasteiger partial charge in [-0.3, -0.25) is 0 Å². The zero-order valence-electron chi connectivity index (χ0n) is 21.5. The number of ether oxygens (including phenoxy) is 1. The fourth-order valence-electron chi connectivity index (χ4n) is 4.36. The van der Waals surface area contributed by atoms with Crippen LogP contribution in [-0.2, 0) is 16.9 Å². The highest BCUT2D eigenvalue weighted by atomic mass is 35.5. The Morgan fingerprint density at radius 2 is 1.69 bits per heavy atom. The first kappa shape index (κ1) is 27.3. The number of thioether (sulfide) groups is 1. The van der Waals surface area contributed by atoms with Crippen molar-refractivity contribution < 1.29 is 14.1 Å². The van der Waals surface area contributed by atoms with Crippen molar-refractivity contribution in [3.05, 3.63) is 99.9 Å². The van der Waals surface area contributed by atoms with Gasteiger partial charge in [0.05, 0.1) is 22.2 Å². The molecule has 0 atom stereocenters. The predicted octanol–water partition coefficient (Wildman–Crippen LogP) is 9.29. The van der Waals surface area contributed by atoms with Crippen molar-refractivity contribution in [3.8, 4) is 22.4 Å². The largest absolute Gasteiger partial charge is 0.461 e. The van der Waals surface area contributed by atoms with Crippen molar-refractivity contribution in [2.45, 2.75) is 37.3 Å². The summed E-state index contributed by atoms with van der Waals surface area (Å²) in [7, 11) is 0. The van der Waals surface area contributed by atoms with E-state index in [0.717, 1.165) is 51.1 Å². The van der Waals surface area contributed by atoms with Crippen molar-refractivity contribution in [1.82, 2.24) is 10.1 Å². The van der Waals surface area contributed by atoms with E-state index < -0.39 is 5.97 Å². The van der Waals surface area contributed by atoms with E-state index >= 15 is 0 Å². The second kappa shape index (κ2) is 12.2. The van der Waals surface area contributed by atoms with Crippen molar-refractivity contribution in [3.63, 3.8) is 0 Å². The fraction of sp³-hybridized carbons (Fsp3) is 0.194. The topological polar surface area (TPSA) is 65.2 Å². The molecule has 0 aliphatic heterocycles. The van der Waals surface area contributed by atoms with Crippen LogP contribution in [0.5, 0.6) is 0 Å². The molecule has 2 heterocycles. The molecule has 198 valence electrons. The summed E-state index contributed by atoms with van der Waals surface area (Å²) >= 11 is 14.7. The normalized spacial score (nSPS) is 11.2. The maximum absolute atomic E-state index is 12.0. The molecule has 39 heavy (non-hydrogen) atoms. The van der Waals surface area contributed by atoms with Gasteiger partial charge >= 0.3 is 5.97 Å². The number of aromatic nitrogens is 2. The van der Waals surface area contributed by atoms with Crippen LogP contribution in [0, 0.1) is 0 Å². The van der Waals surface area contributed by atoms with E-state index in [0.29, 0.717) is 39.4 Å². The molecule has 5 aromatic rings. The zero-order valence-corrected chi connectivity index (χ0v) is 23.9. The molecule has 5 nitrogen and oxygen atoms in total. The SMILES string of the molecule is CCCc1onc(-c2c(Cl)cccc2Cl)c1CSc1ccc(-c2ccc3nc(C(=O)OCC)ccc3c2)cc1. The van der Waals surface area contributed by atoms with Gasteiger partial charge in [-0.25, -0.2) is 9.78 Å². The van der Waals surface area contributed by atoms with E-state index in [1.807, 2.05) is 36.4 Å². The number of aryl methyl sites for hydroxylation is 1. The molecule has 0 radical (unpaired) electrons. The first-order chi connectivity index (χ1) is 19.0. The first-order valence-electron chi connectivity index (χ1n) is 12.7. The van der Waals surface area contributed by atoms with Gasteiger partial charge in [-0.05, 0) is 66.9 Å². The number of carbonyl (C=O) groups excluding carboxylic acids is 1. The summed E-state index contributed by atoms with van der Waals surface area (Å²) in [5, 5.41) is 6.42. The Balaban J connectivity index is 1.35.